The third-order valence-corrected chi connectivity index (χ3v) is 7.63. The highest BCUT2D eigenvalue weighted by Gasteiger charge is 2.27. The number of ether oxygens (including phenoxy) is 1. The van der Waals surface area contributed by atoms with Crippen LogP contribution in [0.25, 0.3) is 0 Å². The number of sulfonamides is 1. The van der Waals surface area contributed by atoms with Gasteiger partial charge in [-0.05, 0) is 56.0 Å². The van der Waals surface area contributed by atoms with Gasteiger partial charge in [-0.3, -0.25) is 9.59 Å². The Morgan fingerprint density at radius 2 is 1.78 bits per heavy atom. The summed E-state index contributed by atoms with van der Waals surface area (Å²) in [6.07, 6.45) is 3.59. The van der Waals surface area contributed by atoms with E-state index in [9.17, 15) is 18.0 Å². The number of rotatable bonds is 7. The van der Waals surface area contributed by atoms with E-state index in [0.717, 1.165) is 25.7 Å². The summed E-state index contributed by atoms with van der Waals surface area (Å²) in [4.78, 5) is 25.6. The molecule has 2 heterocycles. The summed E-state index contributed by atoms with van der Waals surface area (Å²) in [6.45, 7) is 2.11. The van der Waals surface area contributed by atoms with Crippen LogP contribution in [-0.4, -0.2) is 56.9 Å². The van der Waals surface area contributed by atoms with Gasteiger partial charge < -0.3 is 15.4 Å². The lowest BCUT2D eigenvalue weighted by Gasteiger charge is -2.16. The van der Waals surface area contributed by atoms with E-state index in [4.69, 9.17) is 4.74 Å². The Labute approximate surface area is 188 Å². The first-order valence-electron chi connectivity index (χ1n) is 10.9. The van der Waals surface area contributed by atoms with Gasteiger partial charge in [0, 0.05) is 31.8 Å². The summed E-state index contributed by atoms with van der Waals surface area (Å²) in [7, 11) is -3.63. The van der Waals surface area contributed by atoms with Gasteiger partial charge in [-0.25, -0.2) is 8.42 Å². The fourth-order valence-corrected chi connectivity index (χ4v) is 5.53. The molecule has 0 radical (unpaired) electrons. The summed E-state index contributed by atoms with van der Waals surface area (Å²) in [5.41, 5.74) is 0.898. The van der Waals surface area contributed by atoms with Gasteiger partial charge in [-0.15, -0.1) is 0 Å². The topological polar surface area (TPSA) is 105 Å². The Morgan fingerprint density at radius 1 is 1.00 bits per heavy atom. The molecule has 8 nitrogen and oxygen atoms in total. The third-order valence-electron chi connectivity index (χ3n) is 5.73. The lowest BCUT2D eigenvalue weighted by Crippen LogP contribution is -2.32. The van der Waals surface area contributed by atoms with E-state index < -0.39 is 15.9 Å². The molecule has 4 rings (SSSR count). The third kappa shape index (κ3) is 5.01. The van der Waals surface area contributed by atoms with Crippen LogP contribution in [0.4, 0.5) is 5.69 Å². The Morgan fingerprint density at radius 3 is 2.53 bits per heavy atom. The summed E-state index contributed by atoms with van der Waals surface area (Å²) in [6, 6.07) is 12.7. The fourth-order valence-electron chi connectivity index (χ4n) is 3.97. The second kappa shape index (κ2) is 9.81. The highest BCUT2D eigenvalue weighted by Crippen LogP contribution is 2.23. The SMILES string of the molecule is O=C(Nc1ccccc1C(=O)NC[C@@H]1CCCO1)c1cccc(S(=O)(=O)N2CCCC2)c1. The maximum atomic E-state index is 12.9. The van der Waals surface area contributed by atoms with Crippen molar-refractivity contribution in [3.63, 3.8) is 0 Å². The van der Waals surface area contributed by atoms with Crippen molar-refractivity contribution < 1.29 is 22.7 Å². The predicted molar refractivity (Wildman–Crippen MR) is 120 cm³/mol. The second-order valence-corrected chi connectivity index (χ2v) is 9.92. The number of para-hydroxylation sites is 1. The van der Waals surface area contributed by atoms with Crippen molar-refractivity contribution in [1.82, 2.24) is 9.62 Å². The lowest BCUT2D eigenvalue weighted by atomic mass is 10.1. The molecule has 1 atom stereocenters. The van der Waals surface area contributed by atoms with Crippen molar-refractivity contribution in [2.75, 3.05) is 31.6 Å². The minimum absolute atomic E-state index is 0.0148. The largest absolute Gasteiger partial charge is 0.376 e. The fraction of sp³-hybridized carbons (Fsp3) is 0.391. The average molecular weight is 458 g/mol. The van der Waals surface area contributed by atoms with Crippen LogP contribution in [0.5, 0.6) is 0 Å². The van der Waals surface area contributed by atoms with E-state index in [1.165, 1.54) is 16.4 Å². The second-order valence-electron chi connectivity index (χ2n) is 7.98. The number of anilines is 1. The Bertz CT molecular complexity index is 1090. The smallest absolute Gasteiger partial charge is 0.255 e. The zero-order valence-electron chi connectivity index (χ0n) is 17.7. The molecule has 0 aliphatic carbocycles. The summed E-state index contributed by atoms with van der Waals surface area (Å²) in [5, 5.41) is 5.60. The number of nitrogens with zero attached hydrogens (tertiary/aromatic N) is 1. The normalized spacial score (nSPS) is 19.1. The van der Waals surface area contributed by atoms with Crippen LogP contribution in [-0.2, 0) is 14.8 Å². The molecule has 2 saturated heterocycles. The monoisotopic (exact) mass is 457 g/mol. The number of carbonyl (C=O) groups excluding carboxylic acids is 2. The maximum Gasteiger partial charge on any atom is 0.255 e. The molecular weight excluding hydrogens is 430 g/mol. The molecule has 2 fully saturated rings. The lowest BCUT2D eigenvalue weighted by molar-refractivity contribution is 0.0858. The van der Waals surface area contributed by atoms with Crippen LogP contribution in [0, 0.1) is 0 Å². The summed E-state index contributed by atoms with van der Waals surface area (Å²) < 4.78 is 32.6. The van der Waals surface area contributed by atoms with Crippen LogP contribution < -0.4 is 10.6 Å². The van der Waals surface area contributed by atoms with Crippen molar-refractivity contribution in [3.8, 4) is 0 Å². The predicted octanol–water partition coefficient (Wildman–Crippen LogP) is 2.63. The van der Waals surface area contributed by atoms with Gasteiger partial charge in [0.15, 0.2) is 0 Å². The Hall–Kier alpha value is -2.75. The molecule has 0 unspecified atom stereocenters. The van der Waals surface area contributed by atoms with E-state index in [1.807, 2.05) is 0 Å². The zero-order valence-corrected chi connectivity index (χ0v) is 18.6. The molecule has 32 heavy (non-hydrogen) atoms. The molecule has 9 heteroatoms. The quantitative estimate of drug-likeness (QED) is 0.665. The van der Waals surface area contributed by atoms with Crippen LogP contribution in [0.3, 0.4) is 0 Å². The highest BCUT2D eigenvalue weighted by atomic mass is 32.2. The maximum absolute atomic E-state index is 12.9. The number of carbonyl (C=O) groups is 2. The minimum atomic E-state index is -3.63. The number of amides is 2. The van der Waals surface area contributed by atoms with E-state index in [0.29, 0.717) is 37.5 Å². The van der Waals surface area contributed by atoms with Gasteiger partial charge in [0.1, 0.15) is 0 Å². The number of hydrogen-bond acceptors (Lipinski definition) is 5. The molecule has 2 amide bonds. The standard InChI is InChI=1S/C23H27N3O5S/c27-22(17-7-5-9-19(15-17)32(29,30)26-12-3-4-13-26)25-21-11-2-1-10-20(21)23(28)24-16-18-8-6-14-31-18/h1-2,5,7,9-11,15,18H,3-4,6,8,12-14,16H2,(H,24,28)(H,25,27)/t18-/m0/s1. The zero-order chi connectivity index (χ0) is 22.6. The van der Waals surface area contributed by atoms with E-state index in [1.54, 1.807) is 36.4 Å². The van der Waals surface area contributed by atoms with Crippen LogP contribution in [0.2, 0.25) is 0 Å². The molecule has 2 aliphatic heterocycles. The molecule has 170 valence electrons. The van der Waals surface area contributed by atoms with Gasteiger partial charge in [0.05, 0.1) is 22.3 Å². The van der Waals surface area contributed by atoms with Crippen LogP contribution >= 0.6 is 0 Å². The van der Waals surface area contributed by atoms with Crippen molar-refractivity contribution in [1.29, 1.82) is 0 Å². The number of hydrogen-bond donors (Lipinski definition) is 2. The van der Waals surface area contributed by atoms with E-state index in [-0.39, 0.29) is 22.5 Å². The van der Waals surface area contributed by atoms with Gasteiger partial charge in [-0.1, -0.05) is 18.2 Å². The molecule has 2 aromatic rings. The minimum Gasteiger partial charge on any atom is -0.376 e. The van der Waals surface area contributed by atoms with Gasteiger partial charge >= 0.3 is 0 Å². The molecule has 0 saturated carbocycles. The molecule has 0 spiro atoms. The van der Waals surface area contributed by atoms with Crippen molar-refractivity contribution in [2.45, 2.75) is 36.7 Å². The summed E-state index contributed by atoms with van der Waals surface area (Å²) >= 11 is 0. The average Bonchev–Trinajstić information content (AvgIpc) is 3.52. The summed E-state index contributed by atoms with van der Waals surface area (Å²) in [5.74, 6) is -0.787. The first-order chi connectivity index (χ1) is 15.4. The highest BCUT2D eigenvalue weighted by molar-refractivity contribution is 7.89. The first-order valence-corrected chi connectivity index (χ1v) is 12.3. The first kappa shape index (κ1) is 22.4. The molecule has 0 aromatic heterocycles. The molecule has 0 bridgehead atoms. The van der Waals surface area contributed by atoms with Crippen LogP contribution in [0.1, 0.15) is 46.4 Å². The Balaban J connectivity index is 1.48. The van der Waals surface area contributed by atoms with Gasteiger partial charge in [0.2, 0.25) is 10.0 Å². The van der Waals surface area contributed by atoms with Gasteiger partial charge in [-0.2, -0.15) is 4.31 Å². The van der Waals surface area contributed by atoms with E-state index >= 15 is 0 Å². The molecule has 2 aliphatic rings. The molecule has 2 aromatic carbocycles. The van der Waals surface area contributed by atoms with E-state index in [2.05, 4.69) is 10.6 Å². The number of nitrogens with one attached hydrogen (secondary N) is 2. The molecule has 2 N–H and O–H groups in total. The van der Waals surface area contributed by atoms with Crippen LogP contribution in [0.15, 0.2) is 53.4 Å². The Kier molecular flexibility index (Phi) is 6.88. The van der Waals surface area contributed by atoms with Gasteiger partial charge in [0.25, 0.3) is 11.8 Å². The van der Waals surface area contributed by atoms with Crippen molar-refractivity contribution in [2.24, 2.45) is 0 Å². The molecular formula is C23H27N3O5S. The van der Waals surface area contributed by atoms with Crippen molar-refractivity contribution >= 4 is 27.5 Å². The number of benzene rings is 2. The van der Waals surface area contributed by atoms with Crippen molar-refractivity contribution in [3.05, 3.63) is 59.7 Å².